The van der Waals surface area contributed by atoms with Crippen molar-refractivity contribution in [3.05, 3.63) is 57.6 Å². The number of carbonyl (C=O) groups excluding carboxylic acids is 1. The highest BCUT2D eigenvalue weighted by atomic mass is 79.9. The molecule has 0 bridgehead atoms. The van der Waals surface area contributed by atoms with Gasteiger partial charge in [0.1, 0.15) is 11.5 Å². The second-order valence-corrected chi connectivity index (χ2v) is 7.53. The van der Waals surface area contributed by atoms with Crippen LogP contribution in [0.3, 0.4) is 0 Å². The summed E-state index contributed by atoms with van der Waals surface area (Å²) in [5.41, 5.74) is 2.81. The smallest absolute Gasteiger partial charge is 0.255 e. The molecule has 0 aliphatic carbocycles. The summed E-state index contributed by atoms with van der Waals surface area (Å²) in [6.45, 7) is 3.84. The van der Waals surface area contributed by atoms with Crippen molar-refractivity contribution < 1.29 is 14.3 Å². The standard InChI is InChI=1S/C21H25BrN2O3/c1-26-17-11-18(20(27-2)19(22)12-17)21(25)23-13-15-5-7-16(8-6-15)14-24-9-3-4-10-24/h5-8,11-12H,3-4,9-10,13-14H2,1-2H3,(H,23,25). The summed E-state index contributed by atoms with van der Waals surface area (Å²) in [5, 5.41) is 2.96. The van der Waals surface area contributed by atoms with Gasteiger partial charge in [0.25, 0.3) is 5.91 Å². The molecule has 0 aromatic heterocycles. The van der Waals surface area contributed by atoms with Crippen LogP contribution in [0, 0.1) is 0 Å². The summed E-state index contributed by atoms with van der Waals surface area (Å²) < 4.78 is 11.3. The Morgan fingerprint density at radius 1 is 1.07 bits per heavy atom. The predicted octanol–water partition coefficient (Wildman–Crippen LogP) is 3.99. The fourth-order valence-electron chi connectivity index (χ4n) is 3.30. The van der Waals surface area contributed by atoms with Gasteiger partial charge in [0.05, 0.1) is 24.3 Å². The zero-order valence-corrected chi connectivity index (χ0v) is 17.3. The van der Waals surface area contributed by atoms with E-state index in [0.29, 0.717) is 28.1 Å². The van der Waals surface area contributed by atoms with E-state index in [1.54, 1.807) is 26.4 Å². The molecule has 2 aromatic carbocycles. The third-order valence-electron chi connectivity index (χ3n) is 4.78. The number of benzene rings is 2. The van der Waals surface area contributed by atoms with E-state index >= 15 is 0 Å². The Bertz CT molecular complexity index is 787. The topological polar surface area (TPSA) is 50.8 Å². The summed E-state index contributed by atoms with van der Waals surface area (Å²) >= 11 is 3.42. The van der Waals surface area contributed by atoms with E-state index in [1.165, 1.54) is 31.5 Å². The molecular weight excluding hydrogens is 408 g/mol. The number of nitrogens with zero attached hydrogens (tertiary/aromatic N) is 1. The lowest BCUT2D eigenvalue weighted by Gasteiger charge is -2.15. The summed E-state index contributed by atoms with van der Waals surface area (Å²) in [6.07, 6.45) is 2.60. The average molecular weight is 433 g/mol. The number of likely N-dealkylation sites (tertiary alicyclic amines) is 1. The van der Waals surface area contributed by atoms with Gasteiger partial charge in [-0.25, -0.2) is 0 Å². The summed E-state index contributed by atoms with van der Waals surface area (Å²) in [7, 11) is 3.11. The van der Waals surface area contributed by atoms with Crippen molar-refractivity contribution in [2.45, 2.75) is 25.9 Å². The van der Waals surface area contributed by atoms with Crippen LogP contribution in [0.4, 0.5) is 0 Å². The molecule has 1 amide bonds. The van der Waals surface area contributed by atoms with Gasteiger partial charge in [-0.1, -0.05) is 24.3 Å². The number of carbonyl (C=O) groups is 1. The van der Waals surface area contributed by atoms with Gasteiger partial charge < -0.3 is 14.8 Å². The van der Waals surface area contributed by atoms with Crippen LogP contribution in [0.15, 0.2) is 40.9 Å². The van der Waals surface area contributed by atoms with Crippen molar-refractivity contribution in [1.82, 2.24) is 10.2 Å². The van der Waals surface area contributed by atoms with E-state index < -0.39 is 0 Å². The van der Waals surface area contributed by atoms with Crippen LogP contribution in [0.5, 0.6) is 11.5 Å². The Kier molecular flexibility index (Phi) is 6.74. The number of amides is 1. The minimum Gasteiger partial charge on any atom is -0.497 e. The van der Waals surface area contributed by atoms with Crippen LogP contribution in [0.25, 0.3) is 0 Å². The number of hydrogen-bond acceptors (Lipinski definition) is 4. The van der Waals surface area contributed by atoms with Gasteiger partial charge in [0, 0.05) is 13.1 Å². The molecule has 0 atom stereocenters. The van der Waals surface area contributed by atoms with Gasteiger partial charge in [-0.2, -0.15) is 0 Å². The van der Waals surface area contributed by atoms with E-state index in [1.807, 2.05) is 0 Å². The van der Waals surface area contributed by atoms with E-state index in [9.17, 15) is 4.79 Å². The number of methoxy groups -OCH3 is 2. The van der Waals surface area contributed by atoms with E-state index in [0.717, 1.165) is 12.1 Å². The largest absolute Gasteiger partial charge is 0.497 e. The number of hydrogen-bond donors (Lipinski definition) is 1. The normalized spacial score (nSPS) is 14.2. The average Bonchev–Trinajstić information content (AvgIpc) is 3.19. The molecule has 1 N–H and O–H groups in total. The van der Waals surface area contributed by atoms with Crippen molar-refractivity contribution in [1.29, 1.82) is 0 Å². The van der Waals surface area contributed by atoms with E-state index in [4.69, 9.17) is 9.47 Å². The molecule has 1 fully saturated rings. The molecule has 1 saturated heterocycles. The van der Waals surface area contributed by atoms with Gasteiger partial charge in [-0.3, -0.25) is 9.69 Å². The van der Waals surface area contributed by atoms with E-state index in [2.05, 4.69) is 50.4 Å². The van der Waals surface area contributed by atoms with Crippen LogP contribution >= 0.6 is 15.9 Å². The van der Waals surface area contributed by atoms with Gasteiger partial charge in [0.2, 0.25) is 0 Å². The Labute approximate surface area is 168 Å². The molecule has 1 heterocycles. The first-order valence-corrected chi connectivity index (χ1v) is 9.90. The molecule has 144 valence electrons. The number of halogens is 1. The predicted molar refractivity (Wildman–Crippen MR) is 109 cm³/mol. The molecule has 0 saturated carbocycles. The first-order chi connectivity index (χ1) is 13.1. The third-order valence-corrected chi connectivity index (χ3v) is 5.37. The molecule has 0 spiro atoms. The maximum atomic E-state index is 12.6. The lowest BCUT2D eigenvalue weighted by molar-refractivity contribution is 0.0947. The monoisotopic (exact) mass is 432 g/mol. The van der Waals surface area contributed by atoms with E-state index in [-0.39, 0.29) is 5.91 Å². The van der Waals surface area contributed by atoms with Crippen LogP contribution in [0.2, 0.25) is 0 Å². The highest BCUT2D eigenvalue weighted by Crippen LogP contribution is 2.33. The first-order valence-electron chi connectivity index (χ1n) is 9.10. The quantitative estimate of drug-likeness (QED) is 0.718. The first kappa shape index (κ1) is 19.7. The highest BCUT2D eigenvalue weighted by Gasteiger charge is 2.17. The maximum absolute atomic E-state index is 12.6. The van der Waals surface area contributed by atoms with Crippen LogP contribution < -0.4 is 14.8 Å². The molecule has 6 heteroatoms. The van der Waals surface area contributed by atoms with Crippen molar-refractivity contribution >= 4 is 21.8 Å². The van der Waals surface area contributed by atoms with Crippen LogP contribution in [-0.4, -0.2) is 38.1 Å². The lowest BCUT2D eigenvalue weighted by Crippen LogP contribution is -2.23. The Hall–Kier alpha value is -2.05. The van der Waals surface area contributed by atoms with Gasteiger partial charge in [0.15, 0.2) is 0 Å². The highest BCUT2D eigenvalue weighted by molar-refractivity contribution is 9.10. The van der Waals surface area contributed by atoms with Gasteiger partial charge in [-0.05, 0) is 65.1 Å². The van der Waals surface area contributed by atoms with Crippen molar-refractivity contribution in [2.24, 2.45) is 0 Å². The van der Waals surface area contributed by atoms with Crippen molar-refractivity contribution in [3.8, 4) is 11.5 Å². The Morgan fingerprint density at radius 3 is 2.37 bits per heavy atom. The van der Waals surface area contributed by atoms with Gasteiger partial charge in [-0.15, -0.1) is 0 Å². The summed E-state index contributed by atoms with van der Waals surface area (Å²) in [5.74, 6) is 0.890. The fourth-order valence-corrected chi connectivity index (χ4v) is 3.90. The fraction of sp³-hybridized carbons (Fsp3) is 0.381. The molecule has 0 radical (unpaired) electrons. The maximum Gasteiger partial charge on any atom is 0.255 e. The number of ether oxygens (including phenoxy) is 2. The summed E-state index contributed by atoms with van der Waals surface area (Å²) in [4.78, 5) is 15.1. The third kappa shape index (κ3) is 5.02. The SMILES string of the molecule is COc1cc(Br)c(OC)c(C(=O)NCc2ccc(CN3CCCC3)cc2)c1. The molecule has 2 aromatic rings. The number of rotatable bonds is 7. The van der Waals surface area contributed by atoms with Crippen molar-refractivity contribution in [3.63, 3.8) is 0 Å². The van der Waals surface area contributed by atoms with Crippen LogP contribution in [-0.2, 0) is 13.1 Å². The minimum atomic E-state index is -0.201. The second-order valence-electron chi connectivity index (χ2n) is 6.67. The molecule has 27 heavy (non-hydrogen) atoms. The minimum absolute atomic E-state index is 0.201. The molecule has 1 aliphatic heterocycles. The summed E-state index contributed by atoms with van der Waals surface area (Å²) in [6, 6.07) is 11.9. The number of nitrogens with one attached hydrogen (secondary N) is 1. The van der Waals surface area contributed by atoms with Gasteiger partial charge >= 0.3 is 0 Å². The Morgan fingerprint density at radius 2 is 1.74 bits per heavy atom. The second kappa shape index (κ2) is 9.24. The lowest BCUT2D eigenvalue weighted by atomic mass is 10.1. The Balaban J connectivity index is 1.62. The molecule has 3 rings (SSSR count). The van der Waals surface area contributed by atoms with Crippen molar-refractivity contribution in [2.75, 3.05) is 27.3 Å². The molecule has 0 unspecified atom stereocenters. The zero-order chi connectivity index (χ0) is 19.2. The van der Waals surface area contributed by atoms with Crippen LogP contribution in [0.1, 0.15) is 34.3 Å². The molecular formula is C21H25BrN2O3. The molecule has 1 aliphatic rings. The molecule has 5 nitrogen and oxygen atoms in total. The zero-order valence-electron chi connectivity index (χ0n) is 15.8.